The number of carbonyl (C=O) groups is 1. The lowest BCUT2D eigenvalue weighted by Gasteiger charge is -2.45. The molecule has 92 valence electrons. The van der Waals surface area contributed by atoms with Crippen LogP contribution in [-0.4, -0.2) is 43.0 Å². The minimum absolute atomic E-state index is 0.0560. The van der Waals surface area contributed by atoms with E-state index in [0.717, 1.165) is 13.0 Å². The second-order valence-electron chi connectivity index (χ2n) is 5.23. The molecule has 2 atom stereocenters. The van der Waals surface area contributed by atoms with E-state index in [0.29, 0.717) is 18.5 Å². The molecule has 3 saturated heterocycles. The summed E-state index contributed by atoms with van der Waals surface area (Å²) < 4.78 is 0. The molecule has 0 radical (unpaired) electrons. The van der Waals surface area contributed by atoms with Crippen molar-refractivity contribution in [3.63, 3.8) is 0 Å². The molecule has 0 saturated carbocycles. The topological polar surface area (TPSA) is 58.4 Å². The van der Waals surface area contributed by atoms with Gasteiger partial charge in [-0.25, -0.2) is 0 Å². The molecule has 16 heavy (non-hydrogen) atoms. The summed E-state index contributed by atoms with van der Waals surface area (Å²) in [6.07, 6.45) is 3.28. The predicted molar refractivity (Wildman–Crippen MR) is 63.9 cm³/mol. The highest BCUT2D eigenvalue weighted by Gasteiger charge is 2.35. The fourth-order valence-corrected chi connectivity index (χ4v) is 2.83. The Hall–Kier alpha value is -0.610. The Morgan fingerprint density at radius 2 is 2.19 bits per heavy atom. The number of hydrogen-bond acceptors (Lipinski definition) is 3. The average molecular weight is 225 g/mol. The molecule has 3 heterocycles. The van der Waals surface area contributed by atoms with Crippen molar-refractivity contribution in [1.29, 1.82) is 0 Å². The van der Waals surface area contributed by atoms with Crippen LogP contribution in [-0.2, 0) is 4.79 Å². The molecule has 3 N–H and O–H groups in total. The number of fused-ring (bicyclic) bond motifs is 3. The summed E-state index contributed by atoms with van der Waals surface area (Å²) in [6.45, 7) is 6.04. The van der Waals surface area contributed by atoms with E-state index in [4.69, 9.17) is 5.73 Å². The van der Waals surface area contributed by atoms with Crippen LogP contribution in [0.15, 0.2) is 0 Å². The Labute approximate surface area is 97.6 Å². The predicted octanol–water partition coefficient (Wildman–Crippen LogP) is 0.182. The van der Waals surface area contributed by atoms with Gasteiger partial charge in [-0.05, 0) is 44.8 Å². The Bertz CT molecular complexity index is 249. The van der Waals surface area contributed by atoms with Crippen molar-refractivity contribution in [2.75, 3.05) is 26.2 Å². The maximum absolute atomic E-state index is 11.9. The molecule has 3 fully saturated rings. The van der Waals surface area contributed by atoms with Gasteiger partial charge in [-0.2, -0.15) is 0 Å². The molecule has 0 aromatic carbocycles. The van der Waals surface area contributed by atoms with E-state index in [2.05, 4.69) is 10.2 Å². The lowest BCUT2D eigenvalue weighted by Crippen LogP contribution is -2.57. The summed E-state index contributed by atoms with van der Waals surface area (Å²) in [5.74, 6) is 0.948. The van der Waals surface area contributed by atoms with E-state index in [1.165, 1.54) is 25.9 Å². The van der Waals surface area contributed by atoms with E-state index in [-0.39, 0.29) is 11.8 Å². The Kier molecular flexibility index (Phi) is 3.82. The standard InChI is InChI=1S/C12H23N3O/c1-9(2-5-13)12(16)14-11-8-15-6-3-10(11)4-7-15/h9-11H,2-8,13H2,1H3,(H,14,16). The molecular formula is C12H23N3O. The minimum Gasteiger partial charge on any atom is -0.352 e. The van der Waals surface area contributed by atoms with Crippen molar-refractivity contribution < 1.29 is 4.79 Å². The highest BCUT2D eigenvalue weighted by molar-refractivity contribution is 5.78. The second kappa shape index (κ2) is 5.15. The zero-order valence-corrected chi connectivity index (χ0v) is 10.1. The summed E-state index contributed by atoms with van der Waals surface area (Å²) in [6, 6.07) is 0.384. The van der Waals surface area contributed by atoms with E-state index in [1.54, 1.807) is 0 Å². The number of carbonyl (C=O) groups excluding carboxylic acids is 1. The average Bonchev–Trinajstić information content (AvgIpc) is 2.31. The minimum atomic E-state index is 0.0560. The fourth-order valence-electron chi connectivity index (χ4n) is 2.83. The van der Waals surface area contributed by atoms with Gasteiger partial charge in [0.2, 0.25) is 5.91 Å². The van der Waals surface area contributed by atoms with Crippen LogP contribution in [0.1, 0.15) is 26.2 Å². The molecule has 1 amide bonds. The highest BCUT2D eigenvalue weighted by atomic mass is 16.1. The first-order chi connectivity index (χ1) is 7.70. The quantitative estimate of drug-likeness (QED) is 0.717. The smallest absolute Gasteiger partial charge is 0.223 e. The van der Waals surface area contributed by atoms with E-state index in [1.807, 2.05) is 6.92 Å². The SMILES string of the molecule is CC(CCN)C(=O)NC1CN2CCC1CC2. The van der Waals surface area contributed by atoms with Crippen molar-refractivity contribution in [2.24, 2.45) is 17.6 Å². The molecule has 0 aromatic heterocycles. The zero-order valence-electron chi connectivity index (χ0n) is 10.1. The first-order valence-electron chi connectivity index (χ1n) is 6.43. The van der Waals surface area contributed by atoms with Gasteiger partial charge in [0.1, 0.15) is 0 Å². The van der Waals surface area contributed by atoms with Gasteiger partial charge in [0, 0.05) is 18.5 Å². The van der Waals surface area contributed by atoms with Crippen molar-refractivity contribution in [3.8, 4) is 0 Å². The normalized spacial score (nSPS) is 34.8. The van der Waals surface area contributed by atoms with Gasteiger partial charge in [-0.3, -0.25) is 4.79 Å². The van der Waals surface area contributed by atoms with Crippen molar-refractivity contribution in [3.05, 3.63) is 0 Å². The van der Waals surface area contributed by atoms with Gasteiger partial charge in [0.15, 0.2) is 0 Å². The number of hydrogen-bond donors (Lipinski definition) is 2. The zero-order chi connectivity index (χ0) is 11.5. The lowest BCUT2D eigenvalue weighted by atomic mass is 9.84. The molecule has 3 aliphatic rings. The summed E-state index contributed by atoms with van der Waals surface area (Å²) in [5, 5.41) is 3.20. The monoisotopic (exact) mass is 225 g/mol. The van der Waals surface area contributed by atoms with Crippen molar-refractivity contribution >= 4 is 5.91 Å². The van der Waals surface area contributed by atoms with Crippen molar-refractivity contribution in [1.82, 2.24) is 10.2 Å². The number of nitrogens with one attached hydrogen (secondary N) is 1. The molecule has 2 bridgehead atoms. The largest absolute Gasteiger partial charge is 0.352 e. The van der Waals surface area contributed by atoms with Crippen molar-refractivity contribution in [2.45, 2.75) is 32.2 Å². The first-order valence-corrected chi connectivity index (χ1v) is 6.43. The number of piperidine rings is 3. The number of nitrogens with zero attached hydrogens (tertiary/aromatic N) is 1. The van der Waals surface area contributed by atoms with Gasteiger partial charge >= 0.3 is 0 Å². The number of nitrogens with two attached hydrogens (primary N) is 1. The summed E-state index contributed by atoms with van der Waals surface area (Å²) >= 11 is 0. The van der Waals surface area contributed by atoms with Gasteiger partial charge in [0.05, 0.1) is 0 Å². The van der Waals surface area contributed by atoms with Crippen LogP contribution >= 0.6 is 0 Å². The molecule has 0 aromatic rings. The molecular weight excluding hydrogens is 202 g/mol. The van der Waals surface area contributed by atoms with Crippen LogP contribution in [0.25, 0.3) is 0 Å². The third-order valence-electron chi connectivity index (χ3n) is 4.03. The number of rotatable bonds is 4. The Morgan fingerprint density at radius 1 is 1.50 bits per heavy atom. The first kappa shape index (κ1) is 11.9. The third-order valence-corrected chi connectivity index (χ3v) is 4.03. The van der Waals surface area contributed by atoms with Gasteiger partial charge in [-0.15, -0.1) is 0 Å². The van der Waals surface area contributed by atoms with Gasteiger partial charge in [0.25, 0.3) is 0 Å². The summed E-state index contributed by atoms with van der Waals surface area (Å²) in [7, 11) is 0. The maximum Gasteiger partial charge on any atom is 0.223 e. The summed E-state index contributed by atoms with van der Waals surface area (Å²) in [5.41, 5.74) is 5.47. The fraction of sp³-hybridized carbons (Fsp3) is 0.917. The van der Waals surface area contributed by atoms with E-state index in [9.17, 15) is 4.79 Å². The van der Waals surface area contributed by atoms with Crippen LogP contribution in [0.3, 0.4) is 0 Å². The maximum atomic E-state index is 11.9. The molecule has 4 nitrogen and oxygen atoms in total. The summed E-state index contributed by atoms with van der Waals surface area (Å²) in [4.78, 5) is 14.3. The van der Waals surface area contributed by atoms with Crippen LogP contribution in [0.2, 0.25) is 0 Å². The van der Waals surface area contributed by atoms with Crippen LogP contribution in [0, 0.1) is 11.8 Å². The second-order valence-corrected chi connectivity index (χ2v) is 5.23. The molecule has 0 aliphatic carbocycles. The molecule has 0 spiro atoms. The van der Waals surface area contributed by atoms with E-state index >= 15 is 0 Å². The lowest BCUT2D eigenvalue weighted by molar-refractivity contribution is -0.126. The van der Waals surface area contributed by atoms with Crippen LogP contribution < -0.4 is 11.1 Å². The highest BCUT2D eigenvalue weighted by Crippen LogP contribution is 2.27. The Morgan fingerprint density at radius 3 is 2.69 bits per heavy atom. The molecule has 4 heteroatoms. The third kappa shape index (κ3) is 2.55. The number of amides is 1. The molecule has 3 rings (SSSR count). The van der Waals surface area contributed by atoms with Crippen LogP contribution in [0.4, 0.5) is 0 Å². The van der Waals surface area contributed by atoms with Gasteiger partial charge in [-0.1, -0.05) is 6.92 Å². The van der Waals surface area contributed by atoms with Gasteiger partial charge < -0.3 is 16.0 Å². The van der Waals surface area contributed by atoms with Crippen LogP contribution in [0.5, 0.6) is 0 Å². The Balaban J connectivity index is 1.83. The molecule has 2 unspecified atom stereocenters. The molecule has 3 aliphatic heterocycles. The van der Waals surface area contributed by atoms with E-state index < -0.39 is 0 Å².